The fraction of sp³-hybridized carbons (Fsp3) is 0.417. The number of hydrogen-bond acceptors (Lipinski definition) is 2. The average molecular weight is 277 g/mol. The predicted octanol–water partition coefficient (Wildman–Crippen LogP) is 3.76. The summed E-state index contributed by atoms with van der Waals surface area (Å²) in [6, 6.07) is 5.12. The molecule has 5 heteroatoms. The maximum absolute atomic E-state index is 10.9. The molecule has 3 nitrogen and oxygen atoms in total. The highest BCUT2D eigenvalue weighted by atomic mass is 35.5. The Morgan fingerprint density at radius 3 is 2.47 bits per heavy atom. The molecule has 1 aromatic carbocycles. The van der Waals surface area contributed by atoms with Crippen molar-refractivity contribution in [3.63, 3.8) is 0 Å². The van der Waals surface area contributed by atoms with Crippen LogP contribution in [0.5, 0.6) is 0 Å². The average Bonchev–Trinajstić information content (AvgIpc) is 2.26. The van der Waals surface area contributed by atoms with Gasteiger partial charge in [-0.1, -0.05) is 42.6 Å². The second kappa shape index (κ2) is 6.84. The molecule has 0 saturated heterocycles. The minimum atomic E-state index is -0.963. The molecule has 0 bridgehead atoms. The van der Waals surface area contributed by atoms with Crippen LogP contribution in [0.25, 0.3) is 0 Å². The molecular weight excluding hydrogens is 263 g/mol. The van der Waals surface area contributed by atoms with Crippen LogP contribution in [0, 0.1) is 0 Å². The Kier molecular flexibility index (Phi) is 5.75. The number of rotatable bonds is 6. The van der Waals surface area contributed by atoms with Crippen LogP contribution in [0.15, 0.2) is 18.2 Å². The van der Waals surface area contributed by atoms with E-state index in [1.165, 1.54) is 0 Å². The molecule has 1 unspecified atom stereocenters. The molecule has 0 aromatic heterocycles. The molecule has 94 valence electrons. The molecule has 0 radical (unpaired) electrons. The summed E-state index contributed by atoms with van der Waals surface area (Å²) in [5, 5.41) is 9.90. The number of ether oxygens (including phenoxy) is 1. The van der Waals surface area contributed by atoms with Gasteiger partial charge >= 0.3 is 5.97 Å². The summed E-state index contributed by atoms with van der Waals surface area (Å²) in [5.74, 6) is -0.963. The lowest BCUT2D eigenvalue weighted by atomic mass is 10.2. The fourth-order valence-electron chi connectivity index (χ4n) is 1.39. The summed E-state index contributed by atoms with van der Waals surface area (Å²) in [6.45, 7) is 2.01. The summed E-state index contributed by atoms with van der Waals surface area (Å²) in [6.07, 6.45) is 0.400. The van der Waals surface area contributed by atoms with Gasteiger partial charge in [0.1, 0.15) is 0 Å². The number of carboxylic acids is 1. The van der Waals surface area contributed by atoms with Gasteiger partial charge in [0.25, 0.3) is 0 Å². The largest absolute Gasteiger partial charge is 0.479 e. The number of hydrogen-bond donors (Lipinski definition) is 1. The molecule has 0 aliphatic rings. The van der Waals surface area contributed by atoms with E-state index in [4.69, 9.17) is 33.0 Å². The number of benzene rings is 1. The molecule has 0 fully saturated rings. The van der Waals surface area contributed by atoms with Crippen LogP contribution in [0.2, 0.25) is 10.0 Å². The number of aliphatic carboxylic acids is 1. The highest BCUT2D eigenvalue weighted by Crippen LogP contribution is 2.25. The smallest absolute Gasteiger partial charge is 0.332 e. The van der Waals surface area contributed by atoms with Crippen molar-refractivity contribution in [2.24, 2.45) is 0 Å². The van der Waals surface area contributed by atoms with Crippen molar-refractivity contribution in [3.05, 3.63) is 33.8 Å². The van der Waals surface area contributed by atoms with Crippen LogP contribution < -0.4 is 0 Å². The van der Waals surface area contributed by atoms with Gasteiger partial charge in [0.2, 0.25) is 0 Å². The fourth-order valence-corrected chi connectivity index (χ4v) is 1.90. The molecule has 0 saturated carbocycles. The predicted molar refractivity (Wildman–Crippen MR) is 67.6 cm³/mol. The third-order valence-electron chi connectivity index (χ3n) is 2.32. The Hall–Kier alpha value is -0.770. The van der Waals surface area contributed by atoms with Crippen molar-refractivity contribution >= 4 is 29.2 Å². The third-order valence-corrected chi connectivity index (χ3v) is 3.03. The van der Waals surface area contributed by atoms with Crippen LogP contribution >= 0.6 is 23.2 Å². The van der Waals surface area contributed by atoms with Crippen molar-refractivity contribution in [1.29, 1.82) is 0 Å². The van der Waals surface area contributed by atoms with E-state index in [2.05, 4.69) is 0 Å². The lowest BCUT2D eigenvalue weighted by Gasteiger charge is -2.14. The van der Waals surface area contributed by atoms with E-state index in [-0.39, 0.29) is 6.61 Å². The van der Waals surface area contributed by atoms with Gasteiger partial charge in [0, 0.05) is 15.6 Å². The molecule has 1 aromatic rings. The van der Waals surface area contributed by atoms with Crippen molar-refractivity contribution in [2.45, 2.75) is 32.5 Å². The Labute approximate surface area is 110 Å². The molecule has 1 N–H and O–H groups in total. The molecular formula is C12H14Cl2O3. The lowest BCUT2D eigenvalue weighted by Crippen LogP contribution is -2.23. The SMILES string of the molecule is CCCC(OCc1c(Cl)cccc1Cl)C(=O)O. The van der Waals surface area contributed by atoms with Gasteiger partial charge in [0.15, 0.2) is 6.10 Å². The van der Waals surface area contributed by atoms with E-state index in [1.807, 2.05) is 6.92 Å². The van der Waals surface area contributed by atoms with E-state index in [9.17, 15) is 4.79 Å². The summed E-state index contributed by atoms with van der Waals surface area (Å²) in [7, 11) is 0. The Bertz CT molecular complexity index is 373. The van der Waals surface area contributed by atoms with E-state index in [0.29, 0.717) is 22.0 Å². The third kappa shape index (κ3) is 4.19. The normalized spacial score (nSPS) is 12.4. The van der Waals surface area contributed by atoms with E-state index in [1.54, 1.807) is 18.2 Å². The highest BCUT2D eigenvalue weighted by molar-refractivity contribution is 6.35. The van der Waals surface area contributed by atoms with Crippen LogP contribution in [0.1, 0.15) is 25.3 Å². The Balaban J connectivity index is 2.68. The zero-order valence-electron chi connectivity index (χ0n) is 9.45. The summed E-state index contributed by atoms with van der Waals surface area (Å²) >= 11 is 11.9. The van der Waals surface area contributed by atoms with Gasteiger partial charge in [-0.05, 0) is 18.6 Å². The van der Waals surface area contributed by atoms with Gasteiger partial charge in [-0.3, -0.25) is 0 Å². The van der Waals surface area contributed by atoms with Crippen molar-refractivity contribution in [3.8, 4) is 0 Å². The Morgan fingerprint density at radius 2 is 2.00 bits per heavy atom. The lowest BCUT2D eigenvalue weighted by molar-refractivity contribution is -0.151. The maximum atomic E-state index is 10.9. The van der Waals surface area contributed by atoms with Crippen LogP contribution in [-0.4, -0.2) is 17.2 Å². The van der Waals surface area contributed by atoms with Crippen LogP contribution in [0.4, 0.5) is 0 Å². The molecule has 0 heterocycles. The van der Waals surface area contributed by atoms with E-state index >= 15 is 0 Å². The zero-order chi connectivity index (χ0) is 12.8. The molecule has 0 amide bonds. The Morgan fingerprint density at radius 1 is 1.41 bits per heavy atom. The molecule has 0 aliphatic heterocycles. The summed E-state index contributed by atoms with van der Waals surface area (Å²) < 4.78 is 5.32. The van der Waals surface area contributed by atoms with Crippen molar-refractivity contribution in [2.75, 3.05) is 0 Å². The summed E-state index contributed by atoms with van der Waals surface area (Å²) in [4.78, 5) is 10.9. The molecule has 1 rings (SSSR count). The van der Waals surface area contributed by atoms with E-state index in [0.717, 1.165) is 6.42 Å². The van der Waals surface area contributed by atoms with Gasteiger partial charge in [-0.15, -0.1) is 0 Å². The first kappa shape index (κ1) is 14.3. The summed E-state index contributed by atoms with van der Waals surface area (Å²) in [5.41, 5.74) is 0.623. The number of carboxylic acid groups (broad SMARTS) is 1. The van der Waals surface area contributed by atoms with Gasteiger partial charge in [0.05, 0.1) is 6.61 Å². The van der Waals surface area contributed by atoms with Crippen molar-refractivity contribution < 1.29 is 14.6 Å². The standard InChI is InChI=1S/C12H14Cl2O3/c1-2-4-11(12(15)16)17-7-8-9(13)5-3-6-10(8)14/h3,5-6,11H,2,4,7H2,1H3,(H,15,16). The first-order valence-electron chi connectivity index (χ1n) is 5.33. The monoisotopic (exact) mass is 276 g/mol. The van der Waals surface area contributed by atoms with Crippen molar-refractivity contribution in [1.82, 2.24) is 0 Å². The first-order chi connectivity index (χ1) is 8.06. The number of carbonyl (C=O) groups is 1. The van der Waals surface area contributed by atoms with Gasteiger partial charge in [-0.2, -0.15) is 0 Å². The van der Waals surface area contributed by atoms with Gasteiger partial charge in [-0.25, -0.2) is 4.79 Å². The van der Waals surface area contributed by atoms with Crippen LogP contribution in [-0.2, 0) is 16.1 Å². The molecule has 1 atom stereocenters. The maximum Gasteiger partial charge on any atom is 0.332 e. The van der Waals surface area contributed by atoms with Crippen LogP contribution in [0.3, 0.4) is 0 Å². The zero-order valence-corrected chi connectivity index (χ0v) is 11.0. The molecule has 0 aliphatic carbocycles. The quantitative estimate of drug-likeness (QED) is 0.861. The van der Waals surface area contributed by atoms with Gasteiger partial charge < -0.3 is 9.84 Å². The second-order valence-corrected chi connectivity index (χ2v) is 4.44. The second-order valence-electron chi connectivity index (χ2n) is 3.63. The highest BCUT2D eigenvalue weighted by Gasteiger charge is 2.18. The minimum Gasteiger partial charge on any atom is -0.479 e. The topological polar surface area (TPSA) is 46.5 Å². The first-order valence-corrected chi connectivity index (χ1v) is 6.09. The molecule has 17 heavy (non-hydrogen) atoms. The van der Waals surface area contributed by atoms with E-state index < -0.39 is 12.1 Å². The molecule has 0 spiro atoms. The number of halogens is 2. The minimum absolute atomic E-state index is 0.107.